The highest BCUT2D eigenvalue weighted by Gasteiger charge is 2.19. The predicted octanol–water partition coefficient (Wildman–Crippen LogP) is 1.32. The maximum atomic E-state index is 13.7. The van der Waals surface area contributed by atoms with Crippen molar-refractivity contribution in [2.45, 2.75) is 11.4 Å². The molecule has 0 aliphatic rings. The van der Waals surface area contributed by atoms with Crippen LogP contribution in [0.1, 0.15) is 15.9 Å². The molecule has 0 aliphatic heterocycles. The van der Waals surface area contributed by atoms with E-state index in [0.717, 1.165) is 18.2 Å². The third kappa shape index (κ3) is 3.82. The van der Waals surface area contributed by atoms with Crippen LogP contribution in [0.2, 0.25) is 5.02 Å². The minimum atomic E-state index is -4.20. The molecule has 22 heavy (non-hydrogen) atoms. The first-order chi connectivity index (χ1) is 10.3. The van der Waals surface area contributed by atoms with Crippen molar-refractivity contribution in [3.63, 3.8) is 0 Å². The molecule has 0 spiro atoms. The Morgan fingerprint density at radius 3 is 2.41 bits per heavy atom. The van der Waals surface area contributed by atoms with Crippen molar-refractivity contribution >= 4 is 27.6 Å². The predicted molar refractivity (Wildman–Crippen MR) is 76.2 cm³/mol. The standard InChI is InChI=1S/C14H11ClFNO4S/c15-11-4-1-9(2-5-11)8-17-22(20,21)13-7-10(14(18)19)3-6-12(13)16/h1-7,17H,8H2,(H,18,19)/p-1. The number of benzene rings is 2. The van der Waals surface area contributed by atoms with Crippen LogP contribution in [-0.4, -0.2) is 14.4 Å². The second-order valence-electron chi connectivity index (χ2n) is 4.38. The molecule has 2 rings (SSSR count). The highest BCUT2D eigenvalue weighted by Crippen LogP contribution is 2.17. The van der Waals surface area contributed by atoms with Crippen molar-refractivity contribution in [2.75, 3.05) is 0 Å². The number of carbonyl (C=O) groups is 1. The van der Waals surface area contributed by atoms with Crippen LogP contribution in [0.3, 0.4) is 0 Å². The van der Waals surface area contributed by atoms with E-state index in [-0.39, 0.29) is 6.54 Å². The number of carboxylic acids is 1. The van der Waals surface area contributed by atoms with Crippen LogP contribution < -0.4 is 9.83 Å². The Labute approximate surface area is 131 Å². The highest BCUT2D eigenvalue weighted by molar-refractivity contribution is 7.89. The molecule has 8 heteroatoms. The second-order valence-corrected chi connectivity index (χ2v) is 6.56. The summed E-state index contributed by atoms with van der Waals surface area (Å²) in [5, 5.41) is 11.2. The summed E-state index contributed by atoms with van der Waals surface area (Å²) < 4.78 is 40.0. The van der Waals surface area contributed by atoms with Crippen LogP contribution in [0.25, 0.3) is 0 Å². The lowest BCUT2D eigenvalue weighted by atomic mass is 10.2. The zero-order valence-electron chi connectivity index (χ0n) is 11.0. The Kier molecular flexibility index (Phi) is 4.80. The molecule has 2 aromatic carbocycles. The molecule has 0 fully saturated rings. The van der Waals surface area contributed by atoms with Gasteiger partial charge in [-0.25, -0.2) is 17.5 Å². The Bertz CT molecular complexity index is 806. The van der Waals surface area contributed by atoms with Crippen molar-refractivity contribution < 1.29 is 22.7 Å². The van der Waals surface area contributed by atoms with Crippen LogP contribution in [0.15, 0.2) is 47.4 Å². The zero-order valence-corrected chi connectivity index (χ0v) is 12.6. The van der Waals surface area contributed by atoms with Crippen molar-refractivity contribution in [1.29, 1.82) is 0 Å². The summed E-state index contributed by atoms with van der Waals surface area (Å²) in [5.41, 5.74) is 0.192. The maximum absolute atomic E-state index is 13.7. The molecular weight excluding hydrogens is 333 g/mol. The van der Waals surface area contributed by atoms with E-state index < -0.39 is 32.3 Å². The Hall–Kier alpha value is -1.96. The largest absolute Gasteiger partial charge is 0.545 e. The van der Waals surface area contributed by atoms with E-state index in [0.29, 0.717) is 10.6 Å². The van der Waals surface area contributed by atoms with Gasteiger partial charge in [-0.15, -0.1) is 0 Å². The van der Waals surface area contributed by atoms with Crippen LogP contribution in [-0.2, 0) is 16.6 Å². The molecule has 5 nitrogen and oxygen atoms in total. The number of hydrogen-bond acceptors (Lipinski definition) is 4. The molecule has 0 bridgehead atoms. The Morgan fingerprint density at radius 2 is 1.82 bits per heavy atom. The fourth-order valence-electron chi connectivity index (χ4n) is 1.69. The molecule has 0 aromatic heterocycles. The topological polar surface area (TPSA) is 86.3 Å². The van der Waals surface area contributed by atoms with E-state index in [1.54, 1.807) is 24.3 Å². The van der Waals surface area contributed by atoms with Crippen LogP contribution in [0.4, 0.5) is 4.39 Å². The van der Waals surface area contributed by atoms with Crippen molar-refractivity contribution in [3.8, 4) is 0 Å². The summed E-state index contributed by atoms with van der Waals surface area (Å²) in [7, 11) is -4.20. The first-order valence-electron chi connectivity index (χ1n) is 6.04. The van der Waals surface area contributed by atoms with Gasteiger partial charge in [0.15, 0.2) is 0 Å². The summed E-state index contributed by atoms with van der Waals surface area (Å²) in [6.07, 6.45) is 0. The lowest BCUT2D eigenvalue weighted by molar-refractivity contribution is -0.255. The summed E-state index contributed by atoms with van der Waals surface area (Å²) in [5.74, 6) is -2.64. The quantitative estimate of drug-likeness (QED) is 0.888. The fourth-order valence-corrected chi connectivity index (χ4v) is 2.94. The summed E-state index contributed by atoms with van der Waals surface area (Å²) in [6.45, 7) is -0.0888. The number of aromatic carboxylic acids is 1. The van der Waals surface area contributed by atoms with Gasteiger partial charge in [-0.05, 0) is 35.4 Å². The van der Waals surface area contributed by atoms with E-state index >= 15 is 0 Å². The molecule has 0 saturated carbocycles. The van der Waals surface area contributed by atoms with Crippen LogP contribution >= 0.6 is 11.6 Å². The third-order valence-corrected chi connectivity index (χ3v) is 4.50. The smallest absolute Gasteiger partial charge is 0.243 e. The molecule has 1 N–H and O–H groups in total. The minimum Gasteiger partial charge on any atom is -0.545 e. The Morgan fingerprint density at radius 1 is 1.18 bits per heavy atom. The van der Waals surface area contributed by atoms with Crippen LogP contribution in [0.5, 0.6) is 0 Å². The van der Waals surface area contributed by atoms with Gasteiger partial charge in [0.2, 0.25) is 10.0 Å². The Balaban J connectivity index is 2.25. The van der Waals surface area contributed by atoms with E-state index in [4.69, 9.17) is 11.6 Å². The average molecular weight is 343 g/mol. The number of hydrogen-bond donors (Lipinski definition) is 1. The molecule has 0 radical (unpaired) electrons. The van der Waals surface area contributed by atoms with Gasteiger partial charge in [0, 0.05) is 11.6 Å². The van der Waals surface area contributed by atoms with Gasteiger partial charge in [-0.3, -0.25) is 0 Å². The number of halogens is 2. The molecular formula is C14H10ClFNO4S-. The number of nitrogens with one attached hydrogen (secondary N) is 1. The lowest BCUT2D eigenvalue weighted by Crippen LogP contribution is -2.26. The normalized spacial score (nSPS) is 11.4. The SMILES string of the molecule is O=C([O-])c1ccc(F)c(S(=O)(=O)NCc2ccc(Cl)cc2)c1. The van der Waals surface area contributed by atoms with Crippen molar-refractivity contribution in [2.24, 2.45) is 0 Å². The number of carbonyl (C=O) groups excluding carboxylic acids is 1. The van der Waals surface area contributed by atoms with Gasteiger partial charge >= 0.3 is 0 Å². The van der Waals surface area contributed by atoms with E-state index in [9.17, 15) is 22.7 Å². The first-order valence-corrected chi connectivity index (χ1v) is 7.91. The molecule has 0 amide bonds. The monoisotopic (exact) mass is 342 g/mol. The molecule has 2 aromatic rings. The molecule has 0 unspecified atom stereocenters. The van der Waals surface area contributed by atoms with Gasteiger partial charge in [-0.2, -0.15) is 0 Å². The van der Waals surface area contributed by atoms with Crippen molar-refractivity contribution in [3.05, 3.63) is 64.4 Å². The van der Waals surface area contributed by atoms with Gasteiger partial charge < -0.3 is 9.90 Å². The zero-order chi connectivity index (χ0) is 16.3. The van der Waals surface area contributed by atoms with E-state index in [1.165, 1.54) is 0 Å². The first kappa shape index (κ1) is 16.4. The van der Waals surface area contributed by atoms with Gasteiger partial charge in [0.25, 0.3) is 0 Å². The maximum Gasteiger partial charge on any atom is 0.243 e. The second kappa shape index (κ2) is 6.43. The highest BCUT2D eigenvalue weighted by atomic mass is 35.5. The number of carboxylic acid groups (broad SMARTS) is 1. The summed E-state index contributed by atoms with van der Waals surface area (Å²) >= 11 is 5.72. The summed E-state index contributed by atoms with van der Waals surface area (Å²) in [4.78, 5) is 9.99. The lowest BCUT2D eigenvalue weighted by Gasteiger charge is -2.10. The van der Waals surface area contributed by atoms with E-state index in [2.05, 4.69) is 4.72 Å². The molecule has 0 saturated heterocycles. The van der Waals surface area contributed by atoms with Crippen molar-refractivity contribution in [1.82, 2.24) is 4.72 Å². The average Bonchev–Trinajstić information content (AvgIpc) is 2.46. The minimum absolute atomic E-state index is 0.0888. The number of sulfonamides is 1. The number of rotatable bonds is 5. The molecule has 0 atom stereocenters. The molecule has 116 valence electrons. The third-order valence-electron chi connectivity index (χ3n) is 2.84. The van der Waals surface area contributed by atoms with E-state index in [1.807, 2.05) is 0 Å². The van der Waals surface area contributed by atoms with Crippen LogP contribution in [0, 0.1) is 5.82 Å². The molecule has 0 heterocycles. The van der Waals surface area contributed by atoms with Gasteiger partial charge in [-0.1, -0.05) is 29.8 Å². The van der Waals surface area contributed by atoms with Gasteiger partial charge in [0.1, 0.15) is 10.7 Å². The summed E-state index contributed by atoms with van der Waals surface area (Å²) in [6, 6.07) is 8.81. The molecule has 0 aliphatic carbocycles. The van der Waals surface area contributed by atoms with Gasteiger partial charge in [0.05, 0.1) is 5.97 Å². The fraction of sp³-hybridized carbons (Fsp3) is 0.0714.